The maximum Gasteiger partial charge on any atom is 0.513 e. The van der Waals surface area contributed by atoms with E-state index >= 15 is 0 Å². The van der Waals surface area contributed by atoms with Crippen LogP contribution in [0.2, 0.25) is 0 Å². The Hall–Kier alpha value is -2.47. The second kappa shape index (κ2) is 23.6. The summed E-state index contributed by atoms with van der Waals surface area (Å²) in [5.41, 5.74) is 0. The van der Waals surface area contributed by atoms with Gasteiger partial charge in [-0.1, -0.05) is 41.5 Å². The molecule has 0 rings (SSSR count). The third kappa shape index (κ3) is 46.0. The van der Waals surface area contributed by atoms with Gasteiger partial charge >= 0.3 is 36.2 Å². The summed E-state index contributed by atoms with van der Waals surface area (Å²) in [5.74, 6) is -3.39. The average Bonchev–Trinajstić information content (AvgIpc) is 2.54. The Kier molecular flexibility index (Phi) is 30.3. The molecule has 29 heavy (non-hydrogen) atoms. The normalized spacial score (nSPS) is 8.28. The van der Waals surface area contributed by atoms with Gasteiger partial charge in [0.1, 0.15) is 0 Å². The molecule has 0 aromatic rings. The predicted molar refractivity (Wildman–Crippen MR) is 93.8 cm³/mol. The quantitative estimate of drug-likeness (QED) is 0.272. The standard InChI is InChI=1S/2C4H6O4.2C4H8O2.Ti/c2*1-2-3(5)8-4(6)7;2*1-3(2)4(5)6;/h2*2H2,1H3,(H,6,7);2*3H,1-2H3,(H,5,6);. The van der Waals surface area contributed by atoms with Crippen molar-refractivity contribution in [1.29, 1.82) is 0 Å². The Morgan fingerprint density at radius 3 is 0.828 bits per heavy atom. The number of hydrogen-bond donors (Lipinski definition) is 4. The zero-order valence-corrected chi connectivity index (χ0v) is 18.7. The van der Waals surface area contributed by atoms with E-state index in [1.807, 2.05) is 0 Å². The van der Waals surface area contributed by atoms with Gasteiger partial charge in [0.15, 0.2) is 0 Å². The SMILES string of the molecule is CC(C)C(=O)O.CC(C)C(=O)O.CCC(=O)OC(=O)O.CCC(=O)OC(=O)O.[Ti]. The molecule has 0 aliphatic rings. The van der Waals surface area contributed by atoms with Crippen LogP contribution in [0.3, 0.4) is 0 Å². The first-order valence-corrected chi connectivity index (χ1v) is 7.94. The van der Waals surface area contributed by atoms with E-state index in [1.54, 1.807) is 27.7 Å². The number of carboxylic acid groups (broad SMARTS) is 4. The number of carbonyl (C=O) groups is 6. The van der Waals surface area contributed by atoms with E-state index in [9.17, 15) is 28.8 Å². The fourth-order valence-corrected chi connectivity index (χ4v) is 0.339. The van der Waals surface area contributed by atoms with Crippen molar-refractivity contribution in [1.82, 2.24) is 0 Å². The fraction of sp³-hybridized carbons (Fsp3) is 0.625. The summed E-state index contributed by atoms with van der Waals surface area (Å²) in [6.45, 7) is 9.60. The third-order valence-corrected chi connectivity index (χ3v) is 1.97. The number of ether oxygens (including phenoxy) is 2. The zero-order valence-electron chi connectivity index (χ0n) is 17.1. The molecule has 0 radical (unpaired) electrons. The summed E-state index contributed by atoms with van der Waals surface area (Å²) in [6, 6.07) is 0. The maximum absolute atomic E-state index is 10.0. The van der Waals surface area contributed by atoms with Crippen LogP contribution in [0.1, 0.15) is 54.4 Å². The first-order valence-electron chi connectivity index (χ1n) is 7.94. The summed E-state index contributed by atoms with van der Waals surface area (Å²) in [6.07, 6.45) is -2.91. The maximum atomic E-state index is 10.0. The minimum atomic E-state index is -1.54. The Bertz CT molecular complexity index is 468. The minimum absolute atomic E-state index is 0. The van der Waals surface area contributed by atoms with Crippen LogP contribution in [0.4, 0.5) is 9.59 Å². The summed E-state index contributed by atoms with van der Waals surface area (Å²) < 4.78 is 7.35. The first kappa shape index (κ1) is 37.3. The molecular weight excluding hydrogens is 432 g/mol. The van der Waals surface area contributed by atoms with E-state index in [0.29, 0.717) is 0 Å². The van der Waals surface area contributed by atoms with Crippen molar-refractivity contribution >= 4 is 36.2 Å². The smallest absolute Gasteiger partial charge is 0.481 e. The van der Waals surface area contributed by atoms with E-state index in [0.717, 1.165) is 0 Å². The van der Waals surface area contributed by atoms with Crippen LogP contribution in [0.25, 0.3) is 0 Å². The zero-order chi connectivity index (χ0) is 23.4. The number of carboxylic acids is 2. The van der Waals surface area contributed by atoms with Gasteiger partial charge in [-0.2, -0.15) is 0 Å². The van der Waals surface area contributed by atoms with Crippen LogP contribution in [-0.2, 0) is 50.4 Å². The van der Waals surface area contributed by atoms with Crippen molar-refractivity contribution in [2.75, 3.05) is 0 Å². The molecule has 0 atom stereocenters. The summed E-state index contributed by atoms with van der Waals surface area (Å²) in [4.78, 5) is 58.5. The number of hydrogen-bond acceptors (Lipinski definition) is 8. The molecule has 0 aliphatic carbocycles. The Morgan fingerprint density at radius 2 is 0.793 bits per heavy atom. The largest absolute Gasteiger partial charge is 0.513 e. The van der Waals surface area contributed by atoms with E-state index in [-0.39, 0.29) is 46.4 Å². The van der Waals surface area contributed by atoms with Crippen LogP contribution >= 0.6 is 0 Å². The van der Waals surface area contributed by atoms with Gasteiger partial charge in [-0.15, -0.1) is 0 Å². The Morgan fingerprint density at radius 1 is 0.621 bits per heavy atom. The van der Waals surface area contributed by atoms with Crippen molar-refractivity contribution in [3.05, 3.63) is 0 Å². The van der Waals surface area contributed by atoms with Crippen LogP contribution in [0.15, 0.2) is 0 Å². The van der Waals surface area contributed by atoms with Gasteiger partial charge in [0, 0.05) is 34.6 Å². The monoisotopic (exact) mass is 460 g/mol. The molecule has 0 saturated heterocycles. The van der Waals surface area contributed by atoms with Crippen molar-refractivity contribution in [2.24, 2.45) is 11.8 Å². The molecule has 0 aromatic carbocycles. The molecule has 13 heteroatoms. The van der Waals surface area contributed by atoms with E-state index in [1.165, 1.54) is 13.8 Å². The molecule has 0 heterocycles. The van der Waals surface area contributed by atoms with Gasteiger partial charge in [-0.3, -0.25) is 19.2 Å². The fourth-order valence-electron chi connectivity index (χ4n) is 0.339. The van der Waals surface area contributed by atoms with Gasteiger partial charge < -0.3 is 29.9 Å². The molecule has 0 fully saturated rings. The Balaban J connectivity index is -0.0000000881. The first-order chi connectivity index (χ1) is 12.6. The molecule has 0 unspecified atom stereocenters. The molecule has 0 amide bonds. The molecule has 0 aliphatic heterocycles. The number of esters is 2. The number of rotatable bonds is 4. The van der Waals surface area contributed by atoms with Crippen LogP contribution < -0.4 is 0 Å². The molecule has 0 aromatic heterocycles. The van der Waals surface area contributed by atoms with Crippen LogP contribution in [0, 0.1) is 11.8 Å². The Labute approximate surface area is 183 Å². The topological polar surface area (TPSA) is 202 Å². The summed E-state index contributed by atoms with van der Waals surface area (Å²) >= 11 is 0. The van der Waals surface area contributed by atoms with Gasteiger partial charge in [-0.05, 0) is 0 Å². The van der Waals surface area contributed by atoms with E-state index in [2.05, 4.69) is 9.47 Å². The van der Waals surface area contributed by atoms with Crippen molar-refractivity contribution in [2.45, 2.75) is 54.4 Å². The number of aliphatic carboxylic acids is 2. The molecular formula is C16H28O12Ti. The van der Waals surface area contributed by atoms with Gasteiger partial charge in [0.25, 0.3) is 0 Å². The number of carbonyl (C=O) groups excluding carboxylic acids is 2. The van der Waals surface area contributed by atoms with Gasteiger partial charge in [0.05, 0.1) is 11.8 Å². The summed E-state index contributed by atoms with van der Waals surface area (Å²) in [5, 5.41) is 31.5. The van der Waals surface area contributed by atoms with Gasteiger partial charge in [-0.25, -0.2) is 9.59 Å². The van der Waals surface area contributed by atoms with Crippen LogP contribution in [0.5, 0.6) is 0 Å². The minimum Gasteiger partial charge on any atom is -0.481 e. The van der Waals surface area contributed by atoms with Crippen molar-refractivity contribution < 1.29 is 80.4 Å². The summed E-state index contributed by atoms with van der Waals surface area (Å²) in [7, 11) is 0. The third-order valence-electron chi connectivity index (χ3n) is 1.97. The molecule has 4 N–H and O–H groups in total. The van der Waals surface area contributed by atoms with Crippen molar-refractivity contribution in [3.8, 4) is 0 Å². The second-order valence-electron chi connectivity index (χ2n) is 5.17. The molecule has 0 saturated carbocycles. The second-order valence-corrected chi connectivity index (χ2v) is 5.17. The van der Waals surface area contributed by atoms with Crippen molar-refractivity contribution in [3.63, 3.8) is 0 Å². The molecule has 12 nitrogen and oxygen atoms in total. The van der Waals surface area contributed by atoms with E-state index < -0.39 is 36.2 Å². The predicted octanol–water partition coefficient (Wildman–Crippen LogP) is 2.69. The van der Waals surface area contributed by atoms with Crippen LogP contribution in [-0.4, -0.2) is 56.6 Å². The van der Waals surface area contributed by atoms with Gasteiger partial charge in [0.2, 0.25) is 0 Å². The average molecular weight is 460 g/mol. The van der Waals surface area contributed by atoms with E-state index in [4.69, 9.17) is 20.4 Å². The molecule has 0 bridgehead atoms. The molecule has 0 spiro atoms. The molecule has 168 valence electrons.